The van der Waals surface area contributed by atoms with Crippen LogP contribution < -0.4 is 10.4 Å². The van der Waals surface area contributed by atoms with Gasteiger partial charge in [-0.15, -0.1) is 0 Å². The van der Waals surface area contributed by atoms with Gasteiger partial charge in [0.15, 0.2) is 5.71 Å². The summed E-state index contributed by atoms with van der Waals surface area (Å²) in [5.74, 6) is -0.562. The molecule has 9 nitrogen and oxygen atoms in total. The maximum absolute atomic E-state index is 13.0. The van der Waals surface area contributed by atoms with E-state index in [4.69, 9.17) is 0 Å². The van der Waals surface area contributed by atoms with Crippen LogP contribution in [0.1, 0.15) is 30.0 Å². The highest BCUT2D eigenvalue weighted by Crippen LogP contribution is 2.36. The second kappa shape index (κ2) is 8.54. The van der Waals surface area contributed by atoms with Crippen molar-refractivity contribution in [3.05, 3.63) is 77.4 Å². The number of benzene rings is 2. The summed E-state index contributed by atoms with van der Waals surface area (Å²) in [6.45, 7) is 5.47. The highest BCUT2D eigenvalue weighted by Gasteiger charge is 2.44. The fourth-order valence-corrected chi connectivity index (χ4v) is 4.52. The van der Waals surface area contributed by atoms with Crippen LogP contribution in [0.2, 0.25) is 0 Å². The summed E-state index contributed by atoms with van der Waals surface area (Å²) < 4.78 is 35.0. The van der Waals surface area contributed by atoms with Crippen molar-refractivity contribution in [2.45, 2.75) is 32.1 Å². The minimum atomic E-state index is -4.74. The molecule has 0 bridgehead atoms. The fourth-order valence-electron chi connectivity index (χ4n) is 3.77. The van der Waals surface area contributed by atoms with Crippen LogP contribution in [0.25, 0.3) is 5.57 Å². The summed E-state index contributed by atoms with van der Waals surface area (Å²) in [4.78, 5) is 11.0. The molecule has 3 N–H and O–H groups in total. The number of anilines is 1. The predicted octanol–water partition coefficient (Wildman–Crippen LogP) is 3.30. The monoisotopic (exact) mass is 480 g/mol. The summed E-state index contributed by atoms with van der Waals surface area (Å²) in [6.07, 6.45) is 4.11. The molecule has 1 aliphatic carbocycles. The minimum absolute atomic E-state index is 0.0300. The standard InChI is InChI=1S/C24H24N4O5S/c1-15-10-11-19(13-16(15)2)28-23(30)22(17(3)26-28)25-27-24(34(31,32)33)12-6-7-18(14-24)20-8-4-5-9-21(20)29/h4-13,27,29H,14H2,1-3H3,(H,31,32,33)/b25-22-. The van der Waals surface area contributed by atoms with Gasteiger partial charge in [-0.25, -0.2) is 0 Å². The smallest absolute Gasteiger partial charge is 0.301 e. The third-order valence-corrected chi connectivity index (χ3v) is 7.20. The number of rotatable bonds is 5. The van der Waals surface area contributed by atoms with Crippen molar-refractivity contribution in [1.29, 1.82) is 0 Å². The van der Waals surface area contributed by atoms with Gasteiger partial charge in [0.05, 0.1) is 11.4 Å². The lowest BCUT2D eigenvalue weighted by molar-refractivity contribution is -0.112. The Hall–Kier alpha value is -3.76. The lowest BCUT2D eigenvalue weighted by Crippen LogP contribution is -2.49. The van der Waals surface area contributed by atoms with Gasteiger partial charge in [-0.3, -0.25) is 14.8 Å². The lowest BCUT2D eigenvalue weighted by atomic mass is 9.93. The van der Waals surface area contributed by atoms with Gasteiger partial charge in [-0.2, -0.15) is 23.6 Å². The number of carbonyl (C=O) groups is 1. The number of aryl methyl sites for hydroxylation is 2. The summed E-state index contributed by atoms with van der Waals surface area (Å²) >= 11 is 0. The summed E-state index contributed by atoms with van der Waals surface area (Å²) in [6, 6.07) is 11.9. The molecule has 1 aliphatic heterocycles. The number of phenolic OH excluding ortho intramolecular Hbond substituents is 1. The molecule has 0 saturated carbocycles. The van der Waals surface area contributed by atoms with Gasteiger partial charge < -0.3 is 5.11 Å². The molecule has 1 atom stereocenters. The number of amides is 1. The minimum Gasteiger partial charge on any atom is -0.507 e. The number of para-hydroxylation sites is 1. The molecule has 1 unspecified atom stereocenters. The Morgan fingerprint density at radius 1 is 1.12 bits per heavy atom. The van der Waals surface area contributed by atoms with E-state index in [1.54, 1.807) is 37.3 Å². The number of allylic oxidation sites excluding steroid dienone is 2. The molecular formula is C24H24N4O5S. The van der Waals surface area contributed by atoms with E-state index in [1.807, 2.05) is 26.0 Å². The first-order valence-corrected chi connectivity index (χ1v) is 11.9. The van der Waals surface area contributed by atoms with Gasteiger partial charge in [-0.05, 0) is 61.7 Å². The number of phenols is 1. The largest absolute Gasteiger partial charge is 0.507 e. The molecular weight excluding hydrogens is 456 g/mol. The van der Waals surface area contributed by atoms with Crippen molar-refractivity contribution >= 4 is 38.7 Å². The van der Waals surface area contributed by atoms with E-state index in [9.17, 15) is 22.9 Å². The van der Waals surface area contributed by atoms with Crippen molar-refractivity contribution < 1.29 is 22.9 Å². The average molecular weight is 481 g/mol. The van der Waals surface area contributed by atoms with Gasteiger partial charge in [0.25, 0.3) is 10.1 Å². The van der Waals surface area contributed by atoms with E-state index in [-0.39, 0.29) is 23.6 Å². The highest BCUT2D eigenvalue weighted by atomic mass is 32.2. The summed E-state index contributed by atoms with van der Waals surface area (Å²) in [5.41, 5.74) is 6.22. The number of nitrogens with zero attached hydrogens (tertiary/aromatic N) is 3. The van der Waals surface area contributed by atoms with Gasteiger partial charge in [-0.1, -0.05) is 36.4 Å². The molecule has 0 saturated heterocycles. The number of aromatic hydroxyl groups is 1. The van der Waals surface area contributed by atoms with Crippen LogP contribution in [0.4, 0.5) is 5.69 Å². The van der Waals surface area contributed by atoms with Gasteiger partial charge >= 0.3 is 5.91 Å². The quantitative estimate of drug-likeness (QED) is 0.444. The molecule has 0 aromatic heterocycles. The van der Waals surface area contributed by atoms with Crippen LogP contribution in [0, 0.1) is 13.8 Å². The second-order valence-corrected chi connectivity index (χ2v) is 9.93. The van der Waals surface area contributed by atoms with E-state index < -0.39 is 20.9 Å². The van der Waals surface area contributed by atoms with Crippen LogP contribution >= 0.6 is 0 Å². The summed E-state index contributed by atoms with van der Waals surface area (Å²) in [7, 11) is -4.74. The zero-order chi connectivity index (χ0) is 24.7. The van der Waals surface area contributed by atoms with E-state index >= 15 is 0 Å². The van der Waals surface area contributed by atoms with Gasteiger partial charge in [0.1, 0.15) is 5.75 Å². The maximum Gasteiger partial charge on any atom is 0.301 e. The number of hydrazone groups is 2. The fraction of sp³-hybridized carbons (Fsp3) is 0.208. The first-order valence-electron chi connectivity index (χ1n) is 10.5. The molecule has 10 heteroatoms. The molecule has 0 radical (unpaired) electrons. The maximum atomic E-state index is 13.0. The number of nitrogens with one attached hydrogen (secondary N) is 1. The van der Waals surface area contributed by atoms with E-state index in [2.05, 4.69) is 15.6 Å². The first kappa shape index (κ1) is 23.4. The Morgan fingerprint density at radius 2 is 1.85 bits per heavy atom. The Morgan fingerprint density at radius 3 is 2.53 bits per heavy atom. The second-order valence-electron chi connectivity index (χ2n) is 8.25. The SMILES string of the molecule is CC1=NN(c2ccc(C)c(C)c2)C(=O)/C1=N\NC1(S(=O)(=O)O)C=CC=C(c2ccccc2O)C1. The van der Waals surface area contributed by atoms with E-state index in [0.717, 1.165) is 11.1 Å². The Kier molecular flexibility index (Phi) is 5.88. The van der Waals surface area contributed by atoms with Crippen LogP contribution in [0.5, 0.6) is 5.75 Å². The van der Waals surface area contributed by atoms with Crippen molar-refractivity contribution in [2.24, 2.45) is 10.2 Å². The van der Waals surface area contributed by atoms with Crippen LogP contribution in [0.3, 0.4) is 0 Å². The van der Waals surface area contributed by atoms with Crippen LogP contribution in [-0.2, 0) is 14.9 Å². The van der Waals surface area contributed by atoms with Gasteiger partial charge in [0.2, 0.25) is 4.87 Å². The molecule has 1 heterocycles. The summed E-state index contributed by atoms with van der Waals surface area (Å²) in [5, 5.41) is 19.7. The van der Waals surface area contributed by atoms with Crippen molar-refractivity contribution in [3.63, 3.8) is 0 Å². The zero-order valence-corrected chi connectivity index (χ0v) is 19.7. The normalized spacial score (nSPS) is 21.6. The lowest BCUT2D eigenvalue weighted by Gasteiger charge is -2.30. The average Bonchev–Trinajstić information content (AvgIpc) is 3.07. The molecule has 2 aliphatic rings. The Balaban J connectivity index is 1.65. The first-order chi connectivity index (χ1) is 16.0. The number of carbonyl (C=O) groups excluding carboxylic acids is 1. The molecule has 4 rings (SSSR count). The zero-order valence-electron chi connectivity index (χ0n) is 18.8. The molecule has 0 fully saturated rings. The molecule has 176 valence electrons. The van der Waals surface area contributed by atoms with E-state index in [1.165, 1.54) is 23.2 Å². The topological polar surface area (TPSA) is 132 Å². The van der Waals surface area contributed by atoms with Crippen molar-refractivity contribution in [1.82, 2.24) is 5.43 Å². The van der Waals surface area contributed by atoms with E-state index in [0.29, 0.717) is 16.8 Å². The predicted molar refractivity (Wildman–Crippen MR) is 131 cm³/mol. The molecule has 34 heavy (non-hydrogen) atoms. The molecule has 2 aromatic carbocycles. The number of hydrogen-bond acceptors (Lipinski definition) is 7. The Bertz CT molecular complexity index is 1410. The molecule has 0 spiro atoms. The van der Waals surface area contributed by atoms with Crippen molar-refractivity contribution in [3.8, 4) is 5.75 Å². The highest BCUT2D eigenvalue weighted by molar-refractivity contribution is 7.87. The third-order valence-electron chi connectivity index (χ3n) is 5.91. The number of hydrogen-bond donors (Lipinski definition) is 3. The Labute approximate surface area is 197 Å². The van der Waals surface area contributed by atoms with Crippen LogP contribution in [-0.4, -0.2) is 40.3 Å². The van der Waals surface area contributed by atoms with Crippen molar-refractivity contribution in [2.75, 3.05) is 5.01 Å². The molecule has 2 aromatic rings. The van der Waals surface area contributed by atoms with Gasteiger partial charge in [0, 0.05) is 12.0 Å². The molecule has 1 amide bonds. The van der Waals surface area contributed by atoms with Crippen LogP contribution in [0.15, 0.2) is 70.9 Å². The third kappa shape index (κ3) is 4.13.